The first-order chi connectivity index (χ1) is 12.5. The van der Waals surface area contributed by atoms with Gasteiger partial charge in [0.1, 0.15) is 24.5 Å². The number of aryl methyl sites for hydroxylation is 2. The number of esters is 1. The fraction of sp³-hybridized carbons (Fsp3) is 0.350. The van der Waals surface area contributed by atoms with Gasteiger partial charge in [-0.15, -0.1) is 0 Å². The van der Waals surface area contributed by atoms with Crippen molar-refractivity contribution in [3.8, 4) is 23.0 Å². The van der Waals surface area contributed by atoms with Crippen molar-refractivity contribution in [2.45, 2.75) is 13.8 Å². The van der Waals surface area contributed by atoms with Gasteiger partial charge in [-0.05, 0) is 37.1 Å². The molecule has 0 fully saturated rings. The summed E-state index contributed by atoms with van der Waals surface area (Å²) in [6, 6.07) is 9.13. The molecule has 0 aliphatic heterocycles. The number of ether oxygens (including phenoxy) is 5. The van der Waals surface area contributed by atoms with Crippen LogP contribution in [0.5, 0.6) is 23.0 Å². The maximum absolute atomic E-state index is 12.4. The molecule has 0 unspecified atom stereocenters. The Labute approximate surface area is 153 Å². The largest absolute Gasteiger partial charge is 0.493 e. The lowest BCUT2D eigenvalue weighted by molar-refractivity contribution is 0.0445. The number of rotatable bonds is 8. The van der Waals surface area contributed by atoms with Gasteiger partial charge in [0.15, 0.2) is 11.5 Å². The summed E-state index contributed by atoms with van der Waals surface area (Å²) in [4.78, 5) is 12.4. The second-order valence-corrected chi connectivity index (χ2v) is 5.59. The lowest BCUT2D eigenvalue weighted by Gasteiger charge is -2.15. The fourth-order valence-corrected chi connectivity index (χ4v) is 2.64. The Kier molecular flexibility index (Phi) is 6.72. The van der Waals surface area contributed by atoms with E-state index in [1.54, 1.807) is 12.1 Å². The van der Waals surface area contributed by atoms with Crippen LogP contribution in [0.3, 0.4) is 0 Å². The van der Waals surface area contributed by atoms with Gasteiger partial charge < -0.3 is 23.7 Å². The van der Waals surface area contributed by atoms with E-state index in [0.717, 1.165) is 16.9 Å². The molecule has 0 radical (unpaired) electrons. The Balaban J connectivity index is 2.02. The zero-order valence-corrected chi connectivity index (χ0v) is 15.8. The minimum Gasteiger partial charge on any atom is -0.493 e. The standard InChI is InChI=1S/C20H24O6/c1-13-7-6-8-14(2)17(13)25-11-12-26-20(21)15-9-10-16(22-3)19(24-5)18(15)23-4/h6-10H,11-12H2,1-5H3. The van der Waals surface area contributed by atoms with Gasteiger partial charge in [-0.2, -0.15) is 0 Å². The molecule has 0 amide bonds. The van der Waals surface area contributed by atoms with Crippen LogP contribution in [0.4, 0.5) is 0 Å². The van der Waals surface area contributed by atoms with E-state index >= 15 is 0 Å². The van der Waals surface area contributed by atoms with Crippen LogP contribution in [0.15, 0.2) is 30.3 Å². The lowest BCUT2D eigenvalue weighted by Crippen LogP contribution is -2.14. The molecule has 0 saturated carbocycles. The monoisotopic (exact) mass is 360 g/mol. The smallest absolute Gasteiger partial charge is 0.342 e. The predicted molar refractivity (Wildman–Crippen MR) is 97.8 cm³/mol. The van der Waals surface area contributed by atoms with Crippen molar-refractivity contribution in [2.75, 3.05) is 34.5 Å². The quantitative estimate of drug-likeness (QED) is 0.530. The summed E-state index contributed by atoms with van der Waals surface area (Å²) in [5.74, 6) is 1.38. The number of carbonyl (C=O) groups is 1. The van der Waals surface area contributed by atoms with Gasteiger partial charge in [0.05, 0.1) is 21.3 Å². The number of methoxy groups -OCH3 is 3. The van der Waals surface area contributed by atoms with Crippen molar-refractivity contribution in [3.63, 3.8) is 0 Å². The van der Waals surface area contributed by atoms with E-state index in [1.807, 2.05) is 32.0 Å². The summed E-state index contributed by atoms with van der Waals surface area (Å²) in [7, 11) is 4.45. The molecule has 2 aromatic rings. The molecular formula is C20H24O6. The Bertz CT molecular complexity index is 749. The highest BCUT2D eigenvalue weighted by molar-refractivity contribution is 5.94. The third-order valence-corrected chi connectivity index (χ3v) is 3.90. The van der Waals surface area contributed by atoms with Crippen molar-refractivity contribution in [3.05, 3.63) is 47.0 Å². The van der Waals surface area contributed by atoms with E-state index in [9.17, 15) is 4.79 Å². The number of para-hydroxylation sites is 1. The average Bonchev–Trinajstić information content (AvgIpc) is 2.65. The molecule has 0 bridgehead atoms. The third-order valence-electron chi connectivity index (χ3n) is 3.90. The first-order valence-electron chi connectivity index (χ1n) is 8.18. The van der Waals surface area contributed by atoms with Crippen LogP contribution in [0.1, 0.15) is 21.5 Å². The highest BCUT2D eigenvalue weighted by atomic mass is 16.6. The SMILES string of the molecule is COc1ccc(C(=O)OCCOc2c(C)cccc2C)c(OC)c1OC. The van der Waals surface area contributed by atoms with E-state index in [2.05, 4.69) is 0 Å². The van der Waals surface area contributed by atoms with Crippen molar-refractivity contribution < 1.29 is 28.5 Å². The molecule has 2 rings (SSSR count). The van der Waals surface area contributed by atoms with Crippen LogP contribution in [0.25, 0.3) is 0 Å². The minimum atomic E-state index is -0.520. The van der Waals surface area contributed by atoms with Crippen molar-refractivity contribution in [1.82, 2.24) is 0 Å². The van der Waals surface area contributed by atoms with Crippen molar-refractivity contribution in [1.29, 1.82) is 0 Å². The zero-order chi connectivity index (χ0) is 19.1. The van der Waals surface area contributed by atoms with E-state index in [0.29, 0.717) is 11.5 Å². The van der Waals surface area contributed by atoms with Gasteiger partial charge >= 0.3 is 5.97 Å². The molecule has 0 saturated heterocycles. The predicted octanol–water partition coefficient (Wildman–Crippen LogP) is 3.57. The maximum Gasteiger partial charge on any atom is 0.342 e. The zero-order valence-electron chi connectivity index (χ0n) is 15.8. The Morgan fingerprint density at radius 2 is 1.46 bits per heavy atom. The summed E-state index contributed by atoms with van der Waals surface area (Å²) in [5.41, 5.74) is 2.34. The summed E-state index contributed by atoms with van der Waals surface area (Å²) in [6.45, 7) is 4.32. The first kappa shape index (κ1) is 19.4. The molecule has 0 aliphatic rings. The van der Waals surface area contributed by atoms with E-state index in [-0.39, 0.29) is 24.5 Å². The van der Waals surface area contributed by atoms with Gasteiger partial charge in [-0.25, -0.2) is 4.79 Å². The van der Waals surface area contributed by atoms with E-state index in [4.69, 9.17) is 23.7 Å². The Hall–Kier alpha value is -2.89. The van der Waals surface area contributed by atoms with E-state index < -0.39 is 5.97 Å². The molecule has 0 aliphatic carbocycles. The molecular weight excluding hydrogens is 336 g/mol. The minimum absolute atomic E-state index is 0.115. The Morgan fingerprint density at radius 1 is 0.808 bits per heavy atom. The molecule has 140 valence electrons. The van der Waals surface area contributed by atoms with Gasteiger partial charge in [-0.1, -0.05) is 18.2 Å². The van der Waals surface area contributed by atoms with Crippen LogP contribution in [0.2, 0.25) is 0 Å². The lowest BCUT2D eigenvalue weighted by atomic mass is 10.1. The third kappa shape index (κ3) is 4.20. The molecule has 0 spiro atoms. The number of carbonyl (C=O) groups excluding carboxylic acids is 1. The normalized spacial score (nSPS) is 10.2. The second kappa shape index (κ2) is 8.99. The molecule has 2 aromatic carbocycles. The fourth-order valence-electron chi connectivity index (χ4n) is 2.64. The number of hydrogen-bond donors (Lipinski definition) is 0. The van der Waals surface area contributed by atoms with E-state index in [1.165, 1.54) is 21.3 Å². The van der Waals surface area contributed by atoms with Crippen LogP contribution in [0, 0.1) is 13.8 Å². The average molecular weight is 360 g/mol. The van der Waals surface area contributed by atoms with Crippen LogP contribution in [-0.2, 0) is 4.74 Å². The summed E-state index contributed by atoms with van der Waals surface area (Å²) >= 11 is 0. The molecule has 0 atom stereocenters. The van der Waals surface area contributed by atoms with Gasteiger partial charge in [0.25, 0.3) is 0 Å². The molecule has 0 heterocycles. The summed E-state index contributed by atoms with van der Waals surface area (Å²) < 4.78 is 26.8. The van der Waals surface area contributed by atoms with Crippen LogP contribution in [-0.4, -0.2) is 40.5 Å². The molecule has 6 heteroatoms. The van der Waals surface area contributed by atoms with Gasteiger partial charge in [-0.3, -0.25) is 0 Å². The van der Waals surface area contributed by atoms with Crippen LogP contribution < -0.4 is 18.9 Å². The highest BCUT2D eigenvalue weighted by Gasteiger charge is 2.21. The van der Waals surface area contributed by atoms with Crippen LogP contribution >= 0.6 is 0 Å². The molecule has 26 heavy (non-hydrogen) atoms. The number of hydrogen-bond acceptors (Lipinski definition) is 6. The second-order valence-electron chi connectivity index (χ2n) is 5.59. The highest BCUT2D eigenvalue weighted by Crippen LogP contribution is 2.39. The first-order valence-corrected chi connectivity index (χ1v) is 8.18. The topological polar surface area (TPSA) is 63.2 Å². The Morgan fingerprint density at radius 3 is 2.04 bits per heavy atom. The molecule has 0 N–H and O–H groups in total. The van der Waals surface area contributed by atoms with Gasteiger partial charge in [0, 0.05) is 0 Å². The maximum atomic E-state index is 12.4. The molecule has 0 aromatic heterocycles. The molecule has 6 nitrogen and oxygen atoms in total. The van der Waals surface area contributed by atoms with Gasteiger partial charge in [0.2, 0.25) is 5.75 Å². The summed E-state index contributed by atoms with van der Waals surface area (Å²) in [6.07, 6.45) is 0. The summed E-state index contributed by atoms with van der Waals surface area (Å²) in [5, 5.41) is 0. The van der Waals surface area contributed by atoms with Crippen molar-refractivity contribution in [2.24, 2.45) is 0 Å². The van der Waals surface area contributed by atoms with Crippen molar-refractivity contribution >= 4 is 5.97 Å². The number of benzene rings is 2.